The highest BCUT2D eigenvalue weighted by atomic mass is 35.5. The van der Waals surface area contributed by atoms with Gasteiger partial charge in [0.15, 0.2) is 11.5 Å². The van der Waals surface area contributed by atoms with Crippen LogP contribution < -0.4 is 26.0 Å². The number of benzene rings is 2. The van der Waals surface area contributed by atoms with Gasteiger partial charge in [-0.3, -0.25) is 0 Å². The standard InChI is InChI=1S/C16H17ClN4O2/c1-22-15-8-11(9-20-21-16(18)19)6-7-14(15)23-10-12-4-2-3-5-13(12)17/h2-9H,10H2,1H3,(H4,18,19,21)/p+1/b20-9+. The van der Waals surface area contributed by atoms with Gasteiger partial charge in [0.1, 0.15) is 6.61 Å². The summed E-state index contributed by atoms with van der Waals surface area (Å²) >= 11 is 6.11. The van der Waals surface area contributed by atoms with Crippen LogP contribution in [0.2, 0.25) is 5.02 Å². The Labute approximate surface area is 139 Å². The highest BCUT2D eigenvalue weighted by molar-refractivity contribution is 6.31. The Balaban J connectivity index is 2.12. The minimum atomic E-state index is -0.0482. The van der Waals surface area contributed by atoms with Gasteiger partial charge >= 0.3 is 0 Å². The minimum absolute atomic E-state index is 0.0482. The van der Waals surface area contributed by atoms with Crippen LogP contribution in [0.25, 0.3) is 0 Å². The molecule has 7 heteroatoms. The molecule has 0 fully saturated rings. The first-order valence-corrected chi connectivity index (χ1v) is 7.19. The maximum absolute atomic E-state index is 6.11. The molecule has 120 valence electrons. The molecule has 0 aliphatic heterocycles. The van der Waals surface area contributed by atoms with E-state index < -0.39 is 0 Å². The molecule has 2 rings (SSSR count). The smallest absolute Gasteiger partial charge is 0.256 e. The topological polar surface area (TPSA) is 96.8 Å². The quantitative estimate of drug-likeness (QED) is 0.410. The van der Waals surface area contributed by atoms with Gasteiger partial charge in [0, 0.05) is 21.3 Å². The maximum atomic E-state index is 6.11. The average molecular weight is 334 g/mol. The molecule has 0 spiro atoms. The van der Waals surface area contributed by atoms with Crippen molar-refractivity contribution < 1.29 is 14.6 Å². The van der Waals surface area contributed by atoms with Crippen LogP contribution in [0.5, 0.6) is 11.5 Å². The molecule has 23 heavy (non-hydrogen) atoms. The SMILES string of the molecule is COc1cc(/C=[NH+]/N=C(N)N)ccc1OCc1ccccc1Cl. The number of hydrazone groups is 1. The Morgan fingerprint density at radius 2 is 2.00 bits per heavy atom. The molecule has 0 saturated heterocycles. The normalized spacial score (nSPS) is 10.5. The third-order valence-corrected chi connectivity index (χ3v) is 3.32. The Morgan fingerprint density at radius 1 is 1.22 bits per heavy atom. The van der Waals surface area contributed by atoms with Gasteiger partial charge < -0.3 is 20.9 Å². The molecule has 0 bridgehead atoms. The highest BCUT2D eigenvalue weighted by Crippen LogP contribution is 2.29. The first-order valence-electron chi connectivity index (χ1n) is 6.82. The number of nitrogens with one attached hydrogen (secondary N) is 1. The predicted octanol–water partition coefficient (Wildman–Crippen LogP) is 0.616. The zero-order valence-electron chi connectivity index (χ0n) is 12.6. The van der Waals surface area contributed by atoms with E-state index in [0.717, 1.165) is 11.1 Å². The molecule has 0 heterocycles. The summed E-state index contributed by atoms with van der Waals surface area (Å²) in [7, 11) is 1.57. The fourth-order valence-corrected chi connectivity index (χ4v) is 2.04. The number of rotatable bonds is 6. The third-order valence-electron chi connectivity index (χ3n) is 2.95. The number of hydrogen-bond donors (Lipinski definition) is 3. The van der Waals surface area contributed by atoms with Gasteiger partial charge in [-0.05, 0) is 24.3 Å². The van der Waals surface area contributed by atoms with Gasteiger partial charge in [0.25, 0.3) is 5.96 Å². The zero-order valence-corrected chi connectivity index (χ0v) is 13.4. The van der Waals surface area contributed by atoms with Crippen molar-refractivity contribution in [3.05, 3.63) is 58.6 Å². The fraction of sp³-hybridized carbons (Fsp3) is 0.125. The van der Waals surface area contributed by atoms with Crippen molar-refractivity contribution in [3.63, 3.8) is 0 Å². The Hall–Kier alpha value is -2.73. The number of nitrogens with two attached hydrogens (primary N) is 2. The highest BCUT2D eigenvalue weighted by Gasteiger charge is 2.08. The van der Waals surface area contributed by atoms with Crippen molar-refractivity contribution in [2.45, 2.75) is 6.61 Å². The second kappa shape index (κ2) is 8.05. The molecule has 0 aromatic heterocycles. The summed E-state index contributed by atoms with van der Waals surface area (Å²) < 4.78 is 11.1. The van der Waals surface area contributed by atoms with Crippen LogP contribution >= 0.6 is 11.6 Å². The fourth-order valence-electron chi connectivity index (χ4n) is 1.85. The molecule has 0 saturated carbocycles. The lowest BCUT2D eigenvalue weighted by Gasteiger charge is -2.11. The lowest BCUT2D eigenvalue weighted by Crippen LogP contribution is -2.63. The van der Waals surface area contributed by atoms with Crippen molar-refractivity contribution in [2.24, 2.45) is 16.6 Å². The molecular weight excluding hydrogens is 316 g/mol. The van der Waals surface area contributed by atoms with Gasteiger partial charge in [0.05, 0.1) is 7.11 Å². The van der Waals surface area contributed by atoms with Crippen molar-refractivity contribution in [3.8, 4) is 11.5 Å². The van der Waals surface area contributed by atoms with Gasteiger partial charge in [0.2, 0.25) is 6.21 Å². The first kappa shape index (κ1) is 16.6. The Bertz CT molecular complexity index is 728. The van der Waals surface area contributed by atoms with E-state index in [4.69, 9.17) is 32.5 Å². The molecule has 0 atom stereocenters. The molecule has 2 aromatic rings. The van der Waals surface area contributed by atoms with E-state index in [-0.39, 0.29) is 5.96 Å². The van der Waals surface area contributed by atoms with Gasteiger partial charge in [-0.15, -0.1) is 5.10 Å². The number of methoxy groups -OCH3 is 1. The summed E-state index contributed by atoms with van der Waals surface area (Å²) in [5.41, 5.74) is 12.2. The van der Waals surface area contributed by atoms with Crippen molar-refractivity contribution in [2.75, 3.05) is 7.11 Å². The van der Waals surface area contributed by atoms with Crippen LogP contribution in [0.4, 0.5) is 0 Å². The van der Waals surface area contributed by atoms with Crippen LogP contribution in [0, 0.1) is 0 Å². The molecular formula is C16H18ClN4O2+. The van der Waals surface area contributed by atoms with Crippen molar-refractivity contribution in [1.82, 2.24) is 0 Å². The Kier molecular flexibility index (Phi) is 5.82. The summed E-state index contributed by atoms with van der Waals surface area (Å²) in [6, 6.07) is 13.0. The molecule has 0 aliphatic rings. The maximum Gasteiger partial charge on any atom is 0.256 e. The van der Waals surface area contributed by atoms with Gasteiger partial charge in [-0.1, -0.05) is 29.8 Å². The van der Waals surface area contributed by atoms with Crippen LogP contribution in [0.1, 0.15) is 11.1 Å². The third kappa shape index (κ3) is 4.89. The number of ether oxygens (including phenoxy) is 2. The molecule has 0 amide bonds. The Morgan fingerprint density at radius 3 is 2.70 bits per heavy atom. The molecule has 0 radical (unpaired) electrons. The van der Waals surface area contributed by atoms with Crippen LogP contribution in [0.15, 0.2) is 47.6 Å². The van der Waals surface area contributed by atoms with E-state index in [0.29, 0.717) is 23.1 Å². The molecule has 2 aromatic carbocycles. The molecule has 0 unspecified atom stereocenters. The average Bonchev–Trinajstić information content (AvgIpc) is 2.54. The summed E-state index contributed by atoms with van der Waals surface area (Å²) in [6.07, 6.45) is 1.64. The van der Waals surface area contributed by atoms with Crippen LogP contribution in [-0.2, 0) is 6.61 Å². The number of nitrogens with zero attached hydrogens (tertiary/aromatic N) is 1. The number of guanidine groups is 1. The number of halogens is 1. The lowest BCUT2D eigenvalue weighted by molar-refractivity contribution is -0.456. The minimum Gasteiger partial charge on any atom is -0.493 e. The summed E-state index contributed by atoms with van der Waals surface area (Å²) in [5.74, 6) is 1.16. The van der Waals surface area contributed by atoms with Gasteiger partial charge in [-0.2, -0.15) is 0 Å². The summed E-state index contributed by atoms with van der Waals surface area (Å²) in [6.45, 7) is 0.353. The summed E-state index contributed by atoms with van der Waals surface area (Å²) in [4.78, 5) is 0. The molecule has 0 aliphatic carbocycles. The molecule has 5 N–H and O–H groups in total. The largest absolute Gasteiger partial charge is 0.493 e. The second-order valence-electron chi connectivity index (χ2n) is 4.60. The van der Waals surface area contributed by atoms with Crippen LogP contribution in [0.3, 0.4) is 0 Å². The lowest BCUT2D eigenvalue weighted by atomic mass is 10.2. The molecule has 6 nitrogen and oxygen atoms in total. The van der Waals surface area contributed by atoms with E-state index in [1.54, 1.807) is 25.5 Å². The summed E-state index contributed by atoms with van der Waals surface area (Å²) in [5, 5.41) is 6.96. The first-order chi connectivity index (χ1) is 11.1. The van der Waals surface area contributed by atoms with E-state index in [1.807, 2.05) is 30.3 Å². The van der Waals surface area contributed by atoms with E-state index >= 15 is 0 Å². The van der Waals surface area contributed by atoms with Crippen molar-refractivity contribution in [1.29, 1.82) is 0 Å². The number of hydrogen-bond acceptors (Lipinski definition) is 3. The second-order valence-corrected chi connectivity index (χ2v) is 5.01. The van der Waals surface area contributed by atoms with E-state index in [2.05, 4.69) is 10.2 Å². The zero-order chi connectivity index (χ0) is 16.7. The van der Waals surface area contributed by atoms with E-state index in [1.165, 1.54) is 0 Å². The van der Waals surface area contributed by atoms with Crippen molar-refractivity contribution >= 4 is 23.8 Å². The predicted molar refractivity (Wildman–Crippen MR) is 90.7 cm³/mol. The monoisotopic (exact) mass is 333 g/mol. The van der Waals surface area contributed by atoms with Crippen LogP contribution in [-0.4, -0.2) is 19.3 Å². The van der Waals surface area contributed by atoms with Gasteiger partial charge in [-0.25, -0.2) is 0 Å². The van der Waals surface area contributed by atoms with E-state index in [9.17, 15) is 0 Å².